The molecule has 2 rings (SSSR count). The molecular formula is C10H15N3O4S. The van der Waals surface area contributed by atoms with Gasteiger partial charge in [0.15, 0.2) is 5.03 Å². The topological polar surface area (TPSA) is 112 Å². The highest BCUT2D eigenvalue weighted by molar-refractivity contribution is 7.89. The molecule has 1 aromatic rings. The Bertz CT molecular complexity index is 517. The predicted molar refractivity (Wildman–Crippen MR) is 62.4 cm³/mol. The van der Waals surface area contributed by atoms with Crippen molar-refractivity contribution in [2.45, 2.75) is 42.7 Å². The van der Waals surface area contributed by atoms with E-state index in [9.17, 15) is 18.3 Å². The fourth-order valence-corrected chi connectivity index (χ4v) is 3.54. The number of hydrogen-bond acceptors (Lipinski definition) is 4. The largest absolute Gasteiger partial charge is 0.480 e. The zero-order chi connectivity index (χ0) is 13.2. The van der Waals surface area contributed by atoms with Gasteiger partial charge in [-0.3, -0.25) is 4.79 Å². The Kier molecular flexibility index (Phi) is 3.40. The highest BCUT2D eigenvalue weighted by Gasteiger charge is 2.43. The van der Waals surface area contributed by atoms with Crippen molar-refractivity contribution in [1.29, 1.82) is 0 Å². The van der Waals surface area contributed by atoms with E-state index in [1.807, 2.05) is 0 Å². The van der Waals surface area contributed by atoms with Crippen LogP contribution >= 0.6 is 0 Å². The number of nitrogens with one attached hydrogen (secondary N) is 2. The summed E-state index contributed by atoms with van der Waals surface area (Å²) in [5, 5.41) is 9.18. The van der Waals surface area contributed by atoms with Crippen LogP contribution in [-0.4, -0.2) is 35.0 Å². The first-order chi connectivity index (χ1) is 8.46. The fraction of sp³-hybridized carbons (Fsp3) is 0.600. The summed E-state index contributed by atoms with van der Waals surface area (Å²) in [4.78, 5) is 17.5. The van der Waals surface area contributed by atoms with E-state index in [1.165, 1.54) is 6.33 Å². The molecule has 0 aromatic carbocycles. The minimum Gasteiger partial charge on any atom is -0.480 e. The van der Waals surface area contributed by atoms with Gasteiger partial charge in [-0.2, -0.15) is 4.72 Å². The first kappa shape index (κ1) is 13.0. The molecular weight excluding hydrogens is 258 g/mol. The summed E-state index contributed by atoms with van der Waals surface area (Å²) in [6, 6.07) is 0. The standard InChI is InChI=1S/C10H15N3O4S/c14-9(15)10(4-2-1-3-5-10)13-18(16,17)8-6-11-7-12-8/h6-7,13H,1-5H2,(H,11,12)(H,14,15). The molecule has 0 unspecified atom stereocenters. The lowest BCUT2D eigenvalue weighted by Crippen LogP contribution is -2.55. The summed E-state index contributed by atoms with van der Waals surface area (Å²) in [7, 11) is -3.87. The van der Waals surface area contributed by atoms with Gasteiger partial charge in [-0.15, -0.1) is 0 Å². The van der Waals surface area contributed by atoms with Crippen molar-refractivity contribution < 1.29 is 18.3 Å². The molecule has 7 nitrogen and oxygen atoms in total. The van der Waals surface area contributed by atoms with Gasteiger partial charge in [0, 0.05) is 0 Å². The SMILES string of the molecule is O=C(O)C1(NS(=O)(=O)c2cnc[nH]2)CCCCC1. The molecule has 0 spiro atoms. The molecule has 1 aliphatic carbocycles. The summed E-state index contributed by atoms with van der Waals surface area (Å²) in [6.45, 7) is 0. The first-order valence-electron chi connectivity index (χ1n) is 5.72. The monoisotopic (exact) mass is 273 g/mol. The molecule has 0 atom stereocenters. The van der Waals surface area contributed by atoms with Crippen LogP contribution in [0.2, 0.25) is 0 Å². The molecule has 18 heavy (non-hydrogen) atoms. The van der Waals surface area contributed by atoms with E-state index < -0.39 is 21.5 Å². The van der Waals surface area contributed by atoms with Crippen molar-refractivity contribution in [1.82, 2.24) is 14.7 Å². The molecule has 1 aromatic heterocycles. The quantitative estimate of drug-likeness (QED) is 0.738. The molecule has 1 aliphatic rings. The molecule has 0 amide bonds. The third-order valence-corrected chi connectivity index (χ3v) is 4.67. The maximum Gasteiger partial charge on any atom is 0.324 e. The minimum absolute atomic E-state index is 0.117. The Morgan fingerprint density at radius 1 is 1.39 bits per heavy atom. The first-order valence-corrected chi connectivity index (χ1v) is 7.20. The van der Waals surface area contributed by atoms with Crippen molar-refractivity contribution >= 4 is 16.0 Å². The fourth-order valence-electron chi connectivity index (χ4n) is 2.22. The smallest absolute Gasteiger partial charge is 0.324 e. The van der Waals surface area contributed by atoms with Gasteiger partial charge in [-0.25, -0.2) is 13.4 Å². The molecule has 1 fully saturated rings. The van der Waals surface area contributed by atoms with Crippen LogP contribution in [0.15, 0.2) is 17.6 Å². The number of carboxylic acids is 1. The van der Waals surface area contributed by atoms with E-state index in [0.29, 0.717) is 25.7 Å². The second kappa shape index (κ2) is 4.69. The Morgan fingerprint density at radius 2 is 2.06 bits per heavy atom. The van der Waals surface area contributed by atoms with E-state index in [2.05, 4.69) is 14.7 Å². The number of aromatic nitrogens is 2. The third kappa shape index (κ3) is 2.39. The van der Waals surface area contributed by atoms with Gasteiger partial charge >= 0.3 is 5.97 Å². The summed E-state index contributed by atoms with van der Waals surface area (Å²) in [6.07, 6.45) is 5.37. The van der Waals surface area contributed by atoms with Gasteiger partial charge in [0.2, 0.25) is 0 Å². The van der Waals surface area contributed by atoms with Gasteiger partial charge in [0.05, 0.1) is 12.5 Å². The molecule has 0 radical (unpaired) electrons. The maximum atomic E-state index is 12.0. The molecule has 0 aliphatic heterocycles. The van der Waals surface area contributed by atoms with Crippen LogP contribution in [-0.2, 0) is 14.8 Å². The van der Waals surface area contributed by atoms with Crippen LogP contribution in [0.5, 0.6) is 0 Å². The molecule has 100 valence electrons. The highest BCUT2D eigenvalue weighted by atomic mass is 32.2. The number of hydrogen-bond donors (Lipinski definition) is 3. The Balaban J connectivity index is 2.27. The van der Waals surface area contributed by atoms with E-state index in [4.69, 9.17) is 0 Å². The van der Waals surface area contributed by atoms with Crippen molar-refractivity contribution in [3.63, 3.8) is 0 Å². The zero-order valence-electron chi connectivity index (χ0n) is 9.72. The van der Waals surface area contributed by atoms with Gasteiger partial charge in [-0.05, 0) is 12.8 Å². The molecule has 1 heterocycles. The molecule has 1 saturated carbocycles. The van der Waals surface area contributed by atoms with Gasteiger partial charge in [-0.1, -0.05) is 19.3 Å². The number of carbonyl (C=O) groups is 1. The third-order valence-electron chi connectivity index (χ3n) is 3.21. The lowest BCUT2D eigenvalue weighted by Gasteiger charge is -2.33. The van der Waals surface area contributed by atoms with Crippen molar-refractivity contribution in [2.24, 2.45) is 0 Å². The van der Waals surface area contributed by atoms with E-state index >= 15 is 0 Å². The number of sulfonamides is 1. The predicted octanol–water partition coefficient (Wildman–Crippen LogP) is 0.475. The average molecular weight is 273 g/mol. The summed E-state index contributed by atoms with van der Waals surface area (Å²) in [5.74, 6) is -1.12. The second-order valence-corrected chi connectivity index (χ2v) is 6.12. The molecule has 0 saturated heterocycles. The molecule has 3 N–H and O–H groups in total. The van der Waals surface area contributed by atoms with Crippen molar-refractivity contribution in [3.8, 4) is 0 Å². The van der Waals surface area contributed by atoms with E-state index in [1.54, 1.807) is 0 Å². The minimum atomic E-state index is -3.87. The van der Waals surface area contributed by atoms with Crippen LogP contribution in [0.1, 0.15) is 32.1 Å². The lowest BCUT2D eigenvalue weighted by molar-refractivity contribution is -0.145. The van der Waals surface area contributed by atoms with Crippen molar-refractivity contribution in [2.75, 3.05) is 0 Å². The van der Waals surface area contributed by atoms with Crippen LogP contribution in [0, 0.1) is 0 Å². The van der Waals surface area contributed by atoms with Crippen LogP contribution in [0.25, 0.3) is 0 Å². The van der Waals surface area contributed by atoms with E-state index in [0.717, 1.165) is 12.6 Å². The maximum absolute atomic E-state index is 12.0. The van der Waals surface area contributed by atoms with Crippen LogP contribution < -0.4 is 4.72 Å². The van der Waals surface area contributed by atoms with Gasteiger partial charge in [0.1, 0.15) is 5.54 Å². The number of carboxylic acid groups (broad SMARTS) is 1. The number of rotatable bonds is 4. The van der Waals surface area contributed by atoms with Gasteiger partial charge in [0.25, 0.3) is 10.0 Å². The summed E-state index contributed by atoms with van der Waals surface area (Å²) >= 11 is 0. The van der Waals surface area contributed by atoms with E-state index in [-0.39, 0.29) is 5.03 Å². The second-order valence-electron chi connectivity index (χ2n) is 4.47. The summed E-state index contributed by atoms with van der Waals surface area (Å²) < 4.78 is 26.4. The number of H-pyrrole nitrogens is 1. The Labute approximate surface area is 105 Å². The number of aromatic amines is 1. The summed E-state index contributed by atoms with van der Waals surface area (Å²) in [5.41, 5.74) is -1.39. The zero-order valence-corrected chi connectivity index (χ0v) is 10.5. The molecule has 8 heteroatoms. The van der Waals surface area contributed by atoms with Crippen LogP contribution in [0.4, 0.5) is 0 Å². The normalized spacial score (nSPS) is 19.6. The Hall–Kier alpha value is -1.41. The Morgan fingerprint density at radius 3 is 2.56 bits per heavy atom. The molecule has 0 bridgehead atoms. The number of imidazole rings is 1. The average Bonchev–Trinajstić information content (AvgIpc) is 2.83. The number of aliphatic carboxylic acids is 1. The number of nitrogens with zero attached hydrogens (tertiary/aromatic N) is 1. The van der Waals surface area contributed by atoms with Crippen LogP contribution in [0.3, 0.4) is 0 Å². The lowest BCUT2D eigenvalue weighted by atomic mass is 9.83. The van der Waals surface area contributed by atoms with Crippen molar-refractivity contribution in [3.05, 3.63) is 12.5 Å². The highest BCUT2D eigenvalue weighted by Crippen LogP contribution is 2.29. The van der Waals surface area contributed by atoms with Gasteiger partial charge < -0.3 is 10.1 Å².